The maximum atomic E-state index is 4.28. The van der Waals surface area contributed by atoms with Gasteiger partial charge in [-0.2, -0.15) is 0 Å². The van der Waals surface area contributed by atoms with Gasteiger partial charge in [-0.3, -0.25) is 0 Å². The quantitative estimate of drug-likeness (QED) is 0.549. The van der Waals surface area contributed by atoms with Crippen LogP contribution in [-0.2, 0) is 13.0 Å². The van der Waals surface area contributed by atoms with Crippen molar-refractivity contribution in [3.05, 3.63) is 89.7 Å². The molecule has 0 amide bonds. The van der Waals surface area contributed by atoms with Crippen LogP contribution in [-0.4, -0.2) is 9.97 Å². The standard InChI is InChI=1S/C23H21N3/c1-2-4-20-18(3-1)9-11-21(20)24-14-16-5-7-17(8-6-16)19-10-12-22-23(13-19)26-15-25-22/h1-8,10,12-13,15,21,24H,9,11,14H2,(H,25,26)/t21-/m0/s1. The van der Waals surface area contributed by atoms with E-state index < -0.39 is 0 Å². The Bertz CT molecular complexity index is 1050. The maximum Gasteiger partial charge on any atom is 0.0931 e. The van der Waals surface area contributed by atoms with Gasteiger partial charge >= 0.3 is 0 Å². The first-order valence-corrected chi connectivity index (χ1v) is 9.20. The normalized spacial score (nSPS) is 16.1. The van der Waals surface area contributed by atoms with Gasteiger partial charge in [0.2, 0.25) is 0 Å². The van der Waals surface area contributed by atoms with Crippen molar-refractivity contribution < 1.29 is 0 Å². The minimum atomic E-state index is 0.480. The van der Waals surface area contributed by atoms with Gasteiger partial charge in [0.25, 0.3) is 0 Å². The van der Waals surface area contributed by atoms with Crippen LogP contribution in [0.15, 0.2) is 73.1 Å². The molecule has 0 aliphatic heterocycles. The number of hydrogen-bond acceptors (Lipinski definition) is 2. The first-order chi connectivity index (χ1) is 12.9. The number of benzene rings is 3. The SMILES string of the molecule is c1ccc2c(c1)CC[C@@H]2NCc1ccc(-c2ccc3nc[nH]c3c2)cc1. The van der Waals surface area contributed by atoms with Gasteiger partial charge in [0.1, 0.15) is 0 Å². The van der Waals surface area contributed by atoms with Crippen LogP contribution in [0.4, 0.5) is 0 Å². The molecule has 1 heterocycles. The van der Waals surface area contributed by atoms with Crippen molar-refractivity contribution in [1.82, 2.24) is 15.3 Å². The average molecular weight is 339 g/mol. The van der Waals surface area contributed by atoms with Crippen molar-refractivity contribution in [2.45, 2.75) is 25.4 Å². The van der Waals surface area contributed by atoms with Crippen LogP contribution in [0.25, 0.3) is 22.2 Å². The molecule has 128 valence electrons. The molecule has 2 N–H and O–H groups in total. The zero-order valence-corrected chi connectivity index (χ0v) is 14.6. The van der Waals surface area contributed by atoms with Crippen LogP contribution >= 0.6 is 0 Å². The molecule has 0 spiro atoms. The Morgan fingerprint density at radius 3 is 2.73 bits per heavy atom. The minimum Gasteiger partial charge on any atom is -0.345 e. The third kappa shape index (κ3) is 2.80. The van der Waals surface area contributed by atoms with Crippen molar-refractivity contribution in [3.63, 3.8) is 0 Å². The summed E-state index contributed by atoms with van der Waals surface area (Å²) in [6, 6.07) is 24.5. The molecule has 0 saturated carbocycles. The smallest absolute Gasteiger partial charge is 0.0931 e. The maximum absolute atomic E-state index is 4.28. The van der Waals surface area contributed by atoms with E-state index in [1.165, 1.54) is 40.7 Å². The van der Waals surface area contributed by atoms with E-state index in [-0.39, 0.29) is 0 Å². The third-order valence-corrected chi connectivity index (χ3v) is 5.39. The average Bonchev–Trinajstić information content (AvgIpc) is 3.33. The van der Waals surface area contributed by atoms with Crippen LogP contribution < -0.4 is 5.32 Å². The summed E-state index contributed by atoms with van der Waals surface area (Å²) in [5.41, 5.74) is 8.81. The van der Waals surface area contributed by atoms with Crippen molar-refractivity contribution in [2.24, 2.45) is 0 Å². The molecule has 0 saturated heterocycles. The molecule has 1 aliphatic rings. The number of H-pyrrole nitrogens is 1. The number of aryl methyl sites for hydroxylation is 1. The summed E-state index contributed by atoms with van der Waals surface area (Å²) in [5, 5.41) is 3.72. The number of nitrogens with one attached hydrogen (secondary N) is 2. The Balaban J connectivity index is 1.29. The summed E-state index contributed by atoms with van der Waals surface area (Å²) < 4.78 is 0. The lowest BCUT2D eigenvalue weighted by Gasteiger charge is -2.14. The molecule has 0 radical (unpaired) electrons. The van der Waals surface area contributed by atoms with Crippen LogP contribution in [0.1, 0.15) is 29.2 Å². The molecule has 3 nitrogen and oxygen atoms in total. The van der Waals surface area contributed by atoms with E-state index in [4.69, 9.17) is 0 Å². The summed E-state index contributed by atoms with van der Waals surface area (Å²) in [4.78, 5) is 7.46. The molecule has 0 bridgehead atoms. The largest absolute Gasteiger partial charge is 0.345 e. The third-order valence-electron chi connectivity index (χ3n) is 5.39. The number of fused-ring (bicyclic) bond motifs is 2. The second-order valence-electron chi connectivity index (χ2n) is 7.00. The van der Waals surface area contributed by atoms with Crippen molar-refractivity contribution in [2.75, 3.05) is 0 Å². The highest BCUT2D eigenvalue weighted by Crippen LogP contribution is 2.31. The molecule has 0 unspecified atom stereocenters. The first-order valence-electron chi connectivity index (χ1n) is 9.20. The van der Waals surface area contributed by atoms with Gasteiger partial charge in [-0.05, 0) is 52.8 Å². The predicted octanol–water partition coefficient (Wildman–Crippen LogP) is 5.01. The Morgan fingerprint density at radius 2 is 1.81 bits per heavy atom. The lowest BCUT2D eigenvalue weighted by atomic mass is 10.0. The molecule has 26 heavy (non-hydrogen) atoms. The lowest BCUT2D eigenvalue weighted by molar-refractivity contribution is 0.530. The molecule has 4 aromatic rings. The molecule has 3 heteroatoms. The van der Waals surface area contributed by atoms with E-state index in [1.54, 1.807) is 6.33 Å². The molecule has 1 aliphatic carbocycles. The Kier molecular flexibility index (Phi) is 3.80. The van der Waals surface area contributed by atoms with Crippen LogP contribution in [0.5, 0.6) is 0 Å². The van der Waals surface area contributed by atoms with Gasteiger partial charge in [-0.25, -0.2) is 4.98 Å². The molecule has 1 aromatic heterocycles. The topological polar surface area (TPSA) is 40.7 Å². The van der Waals surface area contributed by atoms with Gasteiger partial charge in [0, 0.05) is 12.6 Å². The highest BCUT2D eigenvalue weighted by Gasteiger charge is 2.20. The molecule has 3 aromatic carbocycles. The molecular formula is C23H21N3. The summed E-state index contributed by atoms with van der Waals surface area (Å²) in [6.07, 6.45) is 4.12. The predicted molar refractivity (Wildman–Crippen MR) is 106 cm³/mol. The fourth-order valence-electron chi connectivity index (χ4n) is 3.94. The number of hydrogen-bond donors (Lipinski definition) is 2. The zero-order chi connectivity index (χ0) is 17.3. The Morgan fingerprint density at radius 1 is 0.962 bits per heavy atom. The van der Waals surface area contributed by atoms with Gasteiger partial charge in [0.05, 0.1) is 17.4 Å². The molecule has 5 rings (SSSR count). The van der Waals surface area contributed by atoms with Crippen LogP contribution in [0, 0.1) is 0 Å². The van der Waals surface area contributed by atoms with E-state index in [1.807, 2.05) is 0 Å². The highest BCUT2D eigenvalue weighted by atomic mass is 14.9. The van der Waals surface area contributed by atoms with E-state index in [0.717, 1.165) is 17.6 Å². The monoisotopic (exact) mass is 339 g/mol. The molecular weight excluding hydrogens is 318 g/mol. The van der Waals surface area contributed by atoms with Crippen LogP contribution in [0.3, 0.4) is 0 Å². The van der Waals surface area contributed by atoms with Crippen LogP contribution in [0.2, 0.25) is 0 Å². The summed E-state index contributed by atoms with van der Waals surface area (Å²) >= 11 is 0. The van der Waals surface area contributed by atoms with Crippen molar-refractivity contribution >= 4 is 11.0 Å². The fourth-order valence-corrected chi connectivity index (χ4v) is 3.94. The van der Waals surface area contributed by atoms with Crippen molar-refractivity contribution in [3.8, 4) is 11.1 Å². The number of aromatic amines is 1. The number of aromatic nitrogens is 2. The Hall–Kier alpha value is -2.91. The van der Waals surface area contributed by atoms with Crippen molar-refractivity contribution in [1.29, 1.82) is 0 Å². The Labute approximate surface area is 153 Å². The van der Waals surface area contributed by atoms with Gasteiger partial charge in [-0.15, -0.1) is 0 Å². The number of nitrogens with zero attached hydrogens (tertiary/aromatic N) is 1. The summed E-state index contributed by atoms with van der Waals surface area (Å²) in [7, 11) is 0. The molecule has 1 atom stereocenters. The summed E-state index contributed by atoms with van der Waals surface area (Å²) in [6.45, 7) is 0.902. The fraction of sp³-hybridized carbons (Fsp3) is 0.174. The highest BCUT2D eigenvalue weighted by molar-refractivity contribution is 5.81. The first kappa shape index (κ1) is 15.4. The van der Waals surface area contributed by atoms with E-state index in [0.29, 0.717) is 6.04 Å². The summed E-state index contributed by atoms with van der Waals surface area (Å²) in [5.74, 6) is 0. The van der Waals surface area contributed by atoms with E-state index >= 15 is 0 Å². The lowest BCUT2D eigenvalue weighted by Crippen LogP contribution is -2.18. The zero-order valence-electron chi connectivity index (χ0n) is 14.6. The van der Waals surface area contributed by atoms with E-state index in [2.05, 4.69) is 82.0 Å². The van der Waals surface area contributed by atoms with Gasteiger partial charge in [0.15, 0.2) is 0 Å². The van der Waals surface area contributed by atoms with Gasteiger partial charge < -0.3 is 10.3 Å². The number of imidazole rings is 1. The second-order valence-corrected chi connectivity index (χ2v) is 7.00. The molecule has 0 fully saturated rings. The number of rotatable bonds is 4. The minimum absolute atomic E-state index is 0.480. The van der Waals surface area contributed by atoms with Gasteiger partial charge in [-0.1, -0.05) is 54.6 Å². The second kappa shape index (κ2) is 6.43. The van der Waals surface area contributed by atoms with E-state index in [9.17, 15) is 0 Å².